The van der Waals surface area contributed by atoms with Gasteiger partial charge in [-0.2, -0.15) is 0 Å². The van der Waals surface area contributed by atoms with E-state index in [2.05, 4.69) is 0 Å². The van der Waals surface area contributed by atoms with Crippen molar-refractivity contribution < 1.29 is 38.0 Å². The normalized spacial score (nSPS) is 17.4. The fourth-order valence-corrected chi connectivity index (χ4v) is 7.31. The molecule has 4 aliphatic heterocycles. The maximum Gasteiger partial charge on any atom is 0.260 e. The maximum absolute atomic E-state index is 13.8. The maximum atomic E-state index is 13.8. The van der Waals surface area contributed by atoms with Crippen LogP contribution in [0, 0.1) is 0 Å². The average Bonchev–Trinajstić information content (AvgIpc) is 3.83. The summed E-state index contributed by atoms with van der Waals surface area (Å²) >= 11 is 0. The van der Waals surface area contributed by atoms with E-state index in [0.29, 0.717) is 91.1 Å². The number of carbonyl (C=O) groups excluding carboxylic acids is 2. The summed E-state index contributed by atoms with van der Waals surface area (Å²) < 4.78 is 34.5. The van der Waals surface area contributed by atoms with Gasteiger partial charge in [0.05, 0.1) is 69.1 Å². The first-order valence-electron chi connectivity index (χ1n) is 18.8. The van der Waals surface area contributed by atoms with Gasteiger partial charge in [0, 0.05) is 62.8 Å². The predicted molar refractivity (Wildman–Crippen MR) is 224 cm³/mol. The van der Waals surface area contributed by atoms with Gasteiger partial charge in [-0.25, -0.2) is 0 Å². The molecule has 4 aromatic carbocycles. The summed E-state index contributed by atoms with van der Waals surface area (Å²) in [6.07, 6.45) is 9.20. The second kappa shape index (κ2) is 17.3. The Bertz CT molecular complexity index is 2300. The molecule has 300 valence electrons. The molecule has 4 aromatic rings. The largest absolute Gasteiger partial charge is 0.497 e. The molecule has 0 aromatic heterocycles. The first-order valence-corrected chi connectivity index (χ1v) is 18.8. The zero-order chi connectivity index (χ0) is 39.5. The second-order valence-electron chi connectivity index (χ2n) is 13.8. The minimum Gasteiger partial charge on any atom is -0.497 e. The number of nitrogens with zero attached hydrogens (tertiary/aromatic N) is 4. The van der Waals surface area contributed by atoms with Gasteiger partial charge in [0.2, 0.25) is 0 Å². The smallest absolute Gasteiger partial charge is 0.260 e. The van der Waals surface area contributed by atoms with E-state index in [1.165, 1.54) is 7.11 Å². The van der Waals surface area contributed by atoms with Crippen molar-refractivity contribution in [2.24, 2.45) is 15.7 Å². The molecule has 0 saturated carbocycles. The number of methoxy groups -OCH3 is 3. The first-order chi connectivity index (χ1) is 27.9. The van der Waals surface area contributed by atoms with Crippen LogP contribution in [0.25, 0.3) is 11.1 Å². The SMILES string of the molecule is C.COc1ccc(C2=CN3C(=O)c4cc(OC)c(OCCCOc5cc6c(cc5OC)C(=O)N5C=C(c7ccc(OCCN)cc7)CC5C=N6)cc4N=CC3C2)cc1. The van der Waals surface area contributed by atoms with Crippen LogP contribution in [-0.4, -0.2) is 93.8 Å². The van der Waals surface area contributed by atoms with Gasteiger partial charge < -0.3 is 44.0 Å². The van der Waals surface area contributed by atoms with Crippen LogP contribution in [0.3, 0.4) is 0 Å². The number of benzene rings is 4. The van der Waals surface area contributed by atoms with Crippen molar-refractivity contribution in [3.63, 3.8) is 0 Å². The summed E-state index contributed by atoms with van der Waals surface area (Å²) in [4.78, 5) is 40.4. The Hall–Kier alpha value is -6.60. The molecule has 2 atom stereocenters. The Kier molecular flexibility index (Phi) is 11.8. The van der Waals surface area contributed by atoms with Gasteiger partial charge in [-0.15, -0.1) is 0 Å². The highest BCUT2D eigenvalue weighted by Gasteiger charge is 2.35. The average molecular weight is 786 g/mol. The minimum atomic E-state index is -0.221. The minimum absolute atomic E-state index is 0. The number of amides is 2. The fraction of sp³-hybridized carbons (Fsp3) is 0.289. The molecule has 13 nitrogen and oxygen atoms in total. The molecule has 8 rings (SSSR count). The molecule has 4 heterocycles. The monoisotopic (exact) mass is 785 g/mol. The highest BCUT2D eigenvalue weighted by molar-refractivity contribution is 6.06. The lowest BCUT2D eigenvalue weighted by Crippen LogP contribution is -2.32. The summed E-state index contributed by atoms with van der Waals surface area (Å²) in [6.45, 7) is 1.50. The number of hydrogen-bond donors (Lipinski definition) is 1. The van der Waals surface area contributed by atoms with E-state index in [1.54, 1.807) is 48.3 Å². The Morgan fingerprint density at radius 1 is 0.603 bits per heavy atom. The Morgan fingerprint density at radius 3 is 1.50 bits per heavy atom. The second-order valence-corrected chi connectivity index (χ2v) is 13.8. The number of rotatable bonds is 14. The van der Waals surface area contributed by atoms with Gasteiger partial charge in [-0.1, -0.05) is 31.7 Å². The van der Waals surface area contributed by atoms with Crippen LogP contribution in [0.15, 0.2) is 95.2 Å². The molecule has 0 saturated heterocycles. The fourth-order valence-electron chi connectivity index (χ4n) is 7.31. The third kappa shape index (κ3) is 7.85. The van der Waals surface area contributed by atoms with Crippen molar-refractivity contribution >= 4 is 46.8 Å². The summed E-state index contributed by atoms with van der Waals surface area (Å²) in [6, 6.07) is 22.0. The van der Waals surface area contributed by atoms with Gasteiger partial charge in [0.1, 0.15) is 18.1 Å². The van der Waals surface area contributed by atoms with Gasteiger partial charge in [0.15, 0.2) is 23.0 Å². The standard InChI is InChI=1S/C44H43N5O8.CH4/c1-52-33-9-5-27(6-10-33)29-17-31-23-46-37-21-41(39(53-2)19-35(37)43(50)48(31)25-29)56-14-4-15-57-42-22-38-36(20-40(42)54-3)44(51)49-26-30(18-32(49)24-47-38)28-7-11-34(12-8-28)55-16-13-45;/h5-12,19-26,31-32H,4,13-18,45H2,1-3H3;1H4. The molecule has 0 bridgehead atoms. The zero-order valence-electron chi connectivity index (χ0n) is 32.0. The van der Waals surface area contributed by atoms with Gasteiger partial charge in [0.25, 0.3) is 11.8 Å². The highest BCUT2D eigenvalue weighted by Crippen LogP contribution is 2.42. The number of carbonyl (C=O) groups is 2. The van der Waals surface area contributed by atoms with Gasteiger partial charge in [-0.3, -0.25) is 19.6 Å². The van der Waals surface area contributed by atoms with Crippen molar-refractivity contribution in [3.05, 3.63) is 107 Å². The number of nitrogens with two attached hydrogens (primary N) is 1. The van der Waals surface area contributed by atoms with Gasteiger partial charge >= 0.3 is 0 Å². The van der Waals surface area contributed by atoms with E-state index in [0.717, 1.165) is 33.8 Å². The summed E-state index contributed by atoms with van der Waals surface area (Å²) in [5.41, 5.74) is 11.5. The number of fused-ring (bicyclic) bond motifs is 4. The van der Waals surface area contributed by atoms with Crippen LogP contribution in [0.2, 0.25) is 0 Å². The quantitative estimate of drug-likeness (QED) is 0.129. The van der Waals surface area contributed by atoms with E-state index in [1.807, 2.05) is 73.4 Å². The van der Waals surface area contributed by atoms with Crippen LogP contribution < -0.4 is 34.2 Å². The molecule has 0 fully saturated rings. The molecular formula is C45H47N5O8. The molecule has 4 aliphatic rings. The Balaban J connectivity index is 0.00000512. The van der Waals surface area contributed by atoms with E-state index < -0.39 is 0 Å². The summed E-state index contributed by atoms with van der Waals surface area (Å²) in [7, 11) is 4.72. The zero-order valence-corrected chi connectivity index (χ0v) is 32.0. The van der Waals surface area contributed by atoms with Crippen LogP contribution in [0.5, 0.6) is 34.5 Å². The Morgan fingerprint density at radius 2 is 1.07 bits per heavy atom. The summed E-state index contributed by atoms with van der Waals surface area (Å²) in [5.74, 6) is 2.99. The Labute approximate surface area is 338 Å². The molecule has 13 heteroatoms. The van der Waals surface area contributed by atoms with Crippen LogP contribution in [-0.2, 0) is 0 Å². The van der Waals surface area contributed by atoms with E-state index >= 15 is 0 Å². The van der Waals surface area contributed by atoms with Crippen LogP contribution in [0.4, 0.5) is 11.4 Å². The predicted octanol–water partition coefficient (Wildman–Crippen LogP) is 7.48. The molecule has 0 spiro atoms. The van der Waals surface area contributed by atoms with Crippen LogP contribution in [0.1, 0.15) is 58.5 Å². The van der Waals surface area contributed by atoms with Gasteiger partial charge in [-0.05, 0) is 58.7 Å². The highest BCUT2D eigenvalue weighted by atomic mass is 16.5. The molecule has 0 radical (unpaired) electrons. The molecule has 58 heavy (non-hydrogen) atoms. The van der Waals surface area contributed by atoms with Crippen molar-refractivity contribution in [1.82, 2.24) is 9.80 Å². The summed E-state index contributed by atoms with van der Waals surface area (Å²) in [5, 5.41) is 0. The lowest BCUT2D eigenvalue weighted by Gasteiger charge is -2.19. The van der Waals surface area contributed by atoms with Crippen molar-refractivity contribution in [2.75, 3.05) is 47.7 Å². The van der Waals surface area contributed by atoms with Crippen LogP contribution >= 0.6 is 0 Å². The van der Waals surface area contributed by atoms with E-state index in [4.69, 9.17) is 44.1 Å². The topological polar surface area (TPSA) is 147 Å². The molecule has 2 N–H and O–H groups in total. The number of aliphatic imine (C=N–C) groups is 2. The lowest BCUT2D eigenvalue weighted by molar-refractivity contribution is 0.0809. The van der Waals surface area contributed by atoms with Crippen molar-refractivity contribution in [1.29, 1.82) is 0 Å². The molecule has 2 unspecified atom stereocenters. The lowest BCUT2D eigenvalue weighted by atomic mass is 10.0. The van der Waals surface area contributed by atoms with E-state index in [9.17, 15) is 9.59 Å². The third-order valence-electron chi connectivity index (χ3n) is 10.3. The van der Waals surface area contributed by atoms with Crippen molar-refractivity contribution in [3.8, 4) is 34.5 Å². The third-order valence-corrected chi connectivity index (χ3v) is 10.3. The number of hydrogen-bond acceptors (Lipinski definition) is 11. The molecule has 0 aliphatic carbocycles. The molecule has 2 amide bonds. The van der Waals surface area contributed by atoms with E-state index in [-0.39, 0.29) is 31.3 Å². The van der Waals surface area contributed by atoms with Crippen molar-refractivity contribution in [2.45, 2.75) is 38.8 Å². The number of ether oxygens (including phenoxy) is 6. The molecular weight excluding hydrogens is 739 g/mol. The first kappa shape index (κ1) is 39.6.